The molecule has 5 heteroatoms. The first kappa shape index (κ1) is 27.5. The van der Waals surface area contributed by atoms with Crippen molar-refractivity contribution in [3.8, 4) is 22.3 Å². The molecular weight excluding hydrogens is 613 g/mol. The van der Waals surface area contributed by atoms with Crippen LogP contribution in [-0.2, 0) is 0 Å². The third-order valence-electron chi connectivity index (χ3n) is 10.7. The summed E-state index contributed by atoms with van der Waals surface area (Å²) in [6.07, 6.45) is 9.00. The summed E-state index contributed by atoms with van der Waals surface area (Å²) in [5, 5.41) is 12.6. The fourth-order valence-electron chi connectivity index (χ4n) is 8.25. The highest BCUT2D eigenvalue weighted by atomic mass is 16.4. The molecule has 3 N–H and O–H groups in total. The van der Waals surface area contributed by atoms with Gasteiger partial charge in [-0.3, -0.25) is 4.90 Å². The van der Waals surface area contributed by atoms with Crippen LogP contribution >= 0.6 is 0 Å². The van der Waals surface area contributed by atoms with Crippen LogP contribution in [0.3, 0.4) is 0 Å². The summed E-state index contributed by atoms with van der Waals surface area (Å²) in [4.78, 5) is 2.32. The fraction of sp³-hybridized carbons (Fsp3) is 0.0667. The normalized spacial score (nSPS) is 18.9. The Kier molecular flexibility index (Phi) is 5.78. The minimum Gasteiger partial charge on any atom is -0.439 e. The molecule has 50 heavy (non-hydrogen) atoms. The van der Waals surface area contributed by atoms with Gasteiger partial charge in [-0.2, -0.15) is 0 Å². The van der Waals surface area contributed by atoms with Crippen LogP contribution in [-0.4, -0.2) is 0 Å². The molecule has 0 bridgehead atoms. The van der Waals surface area contributed by atoms with Gasteiger partial charge in [0.05, 0.1) is 40.4 Å². The first-order valence-electron chi connectivity index (χ1n) is 17.3. The molecule has 5 nitrogen and oxygen atoms in total. The fourth-order valence-corrected chi connectivity index (χ4v) is 8.25. The molecule has 3 atom stereocenters. The van der Waals surface area contributed by atoms with Gasteiger partial charge >= 0.3 is 0 Å². The summed E-state index contributed by atoms with van der Waals surface area (Å²) in [5.74, 6) is 0.892. The Morgan fingerprint density at radius 3 is 2.10 bits per heavy atom. The lowest BCUT2D eigenvalue weighted by atomic mass is 9.91. The quantitative estimate of drug-likeness (QED) is 0.179. The van der Waals surface area contributed by atoms with Crippen LogP contribution in [0.15, 0.2) is 150 Å². The Morgan fingerprint density at radius 1 is 0.560 bits per heavy atom. The van der Waals surface area contributed by atoms with E-state index in [4.69, 9.17) is 4.42 Å². The van der Waals surface area contributed by atoms with Crippen LogP contribution in [0.1, 0.15) is 46.1 Å². The highest BCUT2D eigenvalue weighted by molar-refractivity contribution is 6.07. The number of rotatable bonds is 3. The average molecular weight is 645 g/mol. The van der Waals surface area contributed by atoms with Gasteiger partial charge in [0.2, 0.25) is 5.88 Å². The maximum atomic E-state index is 6.70. The average Bonchev–Trinajstić information content (AvgIpc) is 3.77. The molecule has 6 aromatic carbocycles. The number of para-hydroxylation sites is 2. The molecule has 0 spiro atoms. The molecule has 0 radical (unpaired) electrons. The molecule has 0 saturated heterocycles. The largest absolute Gasteiger partial charge is 0.439 e. The molecule has 238 valence electrons. The zero-order chi connectivity index (χ0) is 32.8. The third kappa shape index (κ3) is 4.07. The van der Waals surface area contributed by atoms with Crippen LogP contribution in [0.2, 0.25) is 0 Å². The summed E-state index contributed by atoms with van der Waals surface area (Å²) >= 11 is 0. The second-order valence-corrected chi connectivity index (χ2v) is 13.5. The van der Waals surface area contributed by atoms with E-state index >= 15 is 0 Å². The summed E-state index contributed by atoms with van der Waals surface area (Å²) < 4.78 is 6.70. The number of nitrogens with one attached hydrogen (secondary N) is 3. The van der Waals surface area contributed by atoms with Gasteiger partial charge in [-0.1, -0.05) is 127 Å². The minimum atomic E-state index is -0.00459. The zero-order valence-corrected chi connectivity index (χ0v) is 27.1. The molecule has 5 heterocycles. The van der Waals surface area contributed by atoms with E-state index in [1.807, 2.05) is 0 Å². The first-order chi connectivity index (χ1) is 24.8. The maximum Gasteiger partial charge on any atom is 0.211 e. The van der Waals surface area contributed by atoms with Crippen LogP contribution in [0.25, 0.3) is 45.4 Å². The van der Waals surface area contributed by atoms with Crippen molar-refractivity contribution in [2.75, 3.05) is 20.9 Å². The SMILES string of the molecule is C1=CC(c2ccccc2)Nc2c1ccc1c2NC(c2cccc(-c3ccc4oc5c(c4c3)-c3ccccc3C3Nc4ccccc4N53)c2)C=C1. The molecule has 3 unspecified atom stereocenters. The molecule has 1 aromatic heterocycles. The van der Waals surface area contributed by atoms with Crippen molar-refractivity contribution in [2.45, 2.75) is 18.2 Å². The van der Waals surface area contributed by atoms with Crippen LogP contribution in [0.4, 0.5) is 28.6 Å². The Hall–Kier alpha value is -6.46. The van der Waals surface area contributed by atoms with E-state index in [1.54, 1.807) is 0 Å². The zero-order valence-electron chi connectivity index (χ0n) is 27.1. The van der Waals surface area contributed by atoms with E-state index in [9.17, 15) is 0 Å². The molecule has 0 fully saturated rings. The monoisotopic (exact) mass is 644 g/mol. The van der Waals surface area contributed by atoms with Crippen molar-refractivity contribution < 1.29 is 4.42 Å². The van der Waals surface area contributed by atoms with Crippen LogP contribution in [0, 0.1) is 0 Å². The van der Waals surface area contributed by atoms with Crippen LogP contribution in [0.5, 0.6) is 0 Å². The van der Waals surface area contributed by atoms with Crippen LogP contribution < -0.4 is 20.9 Å². The summed E-state index contributed by atoms with van der Waals surface area (Å²) in [5.41, 5.74) is 16.3. The Labute approximate surface area is 290 Å². The van der Waals surface area contributed by atoms with Crippen molar-refractivity contribution >= 4 is 51.8 Å². The van der Waals surface area contributed by atoms with Crippen molar-refractivity contribution in [1.82, 2.24) is 0 Å². The van der Waals surface area contributed by atoms with Gasteiger partial charge in [0.25, 0.3) is 0 Å². The number of nitrogens with zero attached hydrogens (tertiary/aromatic N) is 1. The van der Waals surface area contributed by atoms with E-state index in [0.29, 0.717) is 0 Å². The highest BCUT2D eigenvalue weighted by Crippen LogP contribution is 2.57. The molecular formula is C45H32N4O. The van der Waals surface area contributed by atoms with Crippen molar-refractivity contribution in [2.24, 2.45) is 0 Å². The standard InChI is InChI=1S/C45H32N4O/c1-2-9-27(10-3-1)36-22-19-28-17-18-29-20-23-37(47-43(29)42(28)46-36)32-12-8-11-30(25-32)31-21-24-40-35(26-31)41-33-13-4-5-14-34(33)44-48-38-15-6-7-16-39(38)49(44)45(41)50-40/h1-26,36-37,44,46-48H. The van der Waals surface area contributed by atoms with E-state index < -0.39 is 0 Å². The van der Waals surface area contributed by atoms with Gasteiger partial charge < -0.3 is 20.4 Å². The lowest BCUT2D eigenvalue weighted by molar-refractivity contribution is 0.590. The Morgan fingerprint density at radius 2 is 1.26 bits per heavy atom. The molecule has 4 aliphatic heterocycles. The number of hydrogen-bond acceptors (Lipinski definition) is 5. The molecule has 0 saturated carbocycles. The number of furan rings is 1. The van der Waals surface area contributed by atoms with E-state index in [1.165, 1.54) is 38.9 Å². The Balaban J connectivity index is 0.959. The molecule has 0 amide bonds. The van der Waals surface area contributed by atoms with Crippen molar-refractivity contribution in [3.05, 3.63) is 173 Å². The van der Waals surface area contributed by atoms with E-state index in [-0.39, 0.29) is 18.2 Å². The predicted molar refractivity (Wildman–Crippen MR) is 206 cm³/mol. The lowest BCUT2D eigenvalue weighted by Gasteiger charge is -2.31. The first-order valence-corrected chi connectivity index (χ1v) is 17.3. The Bertz CT molecular complexity index is 2560. The second-order valence-electron chi connectivity index (χ2n) is 13.5. The second kappa shape index (κ2) is 10.5. The number of hydrogen-bond donors (Lipinski definition) is 3. The summed E-state index contributed by atoms with van der Waals surface area (Å²) in [6, 6.07) is 47.9. The van der Waals surface area contributed by atoms with Crippen molar-refractivity contribution in [3.63, 3.8) is 0 Å². The lowest BCUT2D eigenvalue weighted by Crippen LogP contribution is -2.26. The highest BCUT2D eigenvalue weighted by Gasteiger charge is 2.41. The van der Waals surface area contributed by atoms with Gasteiger partial charge in [0.15, 0.2) is 0 Å². The molecule has 11 rings (SSSR count). The van der Waals surface area contributed by atoms with Gasteiger partial charge in [0.1, 0.15) is 11.7 Å². The maximum absolute atomic E-state index is 6.70. The van der Waals surface area contributed by atoms with Gasteiger partial charge in [-0.25, -0.2) is 0 Å². The number of benzene rings is 6. The smallest absolute Gasteiger partial charge is 0.211 e. The van der Waals surface area contributed by atoms with Gasteiger partial charge in [-0.15, -0.1) is 0 Å². The van der Waals surface area contributed by atoms with Crippen molar-refractivity contribution in [1.29, 1.82) is 0 Å². The molecule has 0 aliphatic carbocycles. The number of fused-ring (bicyclic) bond motifs is 13. The minimum absolute atomic E-state index is 0.00459. The number of anilines is 5. The third-order valence-corrected chi connectivity index (χ3v) is 10.7. The summed E-state index contributed by atoms with van der Waals surface area (Å²) in [6.45, 7) is 0. The van der Waals surface area contributed by atoms with E-state index in [2.05, 4.69) is 179 Å². The predicted octanol–water partition coefficient (Wildman–Crippen LogP) is 11.7. The van der Waals surface area contributed by atoms with Gasteiger partial charge in [-0.05, 0) is 69.3 Å². The summed E-state index contributed by atoms with van der Waals surface area (Å²) in [7, 11) is 0. The molecule has 4 aliphatic rings. The molecule has 7 aromatic rings. The van der Waals surface area contributed by atoms with E-state index in [0.717, 1.165) is 50.7 Å². The van der Waals surface area contributed by atoms with Gasteiger partial charge in [0, 0.05) is 10.9 Å². The topological polar surface area (TPSA) is 52.5 Å².